The summed E-state index contributed by atoms with van der Waals surface area (Å²) in [4.78, 5) is 27.3. The maximum absolute atomic E-state index is 14.6. The van der Waals surface area contributed by atoms with E-state index in [0.717, 1.165) is 24.9 Å². The Kier molecular flexibility index (Phi) is 4.68. The van der Waals surface area contributed by atoms with Crippen LogP contribution in [0.3, 0.4) is 0 Å². The number of likely N-dealkylation sites (tertiary alicyclic amines) is 1. The average molecular weight is 376 g/mol. The maximum Gasteiger partial charge on any atom is 0.337 e. The minimum Gasteiger partial charge on any atom is -0.465 e. The molecule has 1 spiro atoms. The molecule has 0 unspecified atom stereocenters. The van der Waals surface area contributed by atoms with Crippen molar-refractivity contribution in [2.75, 3.05) is 33.4 Å². The number of hydrogen-bond acceptors (Lipinski definition) is 5. The van der Waals surface area contributed by atoms with Gasteiger partial charge in [-0.15, -0.1) is 0 Å². The molecule has 3 heterocycles. The highest BCUT2D eigenvalue weighted by atomic mass is 19.1. The summed E-state index contributed by atoms with van der Waals surface area (Å²) in [7, 11) is 1.30. The first kappa shape index (κ1) is 18.4. The number of carbonyl (C=O) groups is 2. The highest BCUT2D eigenvalue weighted by Gasteiger charge is 2.49. The highest BCUT2D eigenvalue weighted by molar-refractivity contribution is 5.89. The largest absolute Gasteiger partial charge is 0.465 e. The van der Waals surface area contributed by atoms with E-state index >= 15 is 0 Å². The van der Waals surface area contributed by atoms with Gasteiger partial charge in [0.25, 0.3) is 0 Å². The predicted octanol–water partition coefficient (Wildman–Crippen LogP) is 1.75. The Labute approximate surface area is 158 Å². The summed E-state index contributed by atoms with van der Waals surface area (Å²) in [5.41, 5.74) is 1.60. The van der Waals surface area contributed by atoms with Gasteiger partial charge in [0.15, 0.2) is 0 Å². The number of nitrogens with zero attached hydrogens (tertiary/aromatic N) is 2. The first-order valence-corrected chi connectivity index (χ1v) is 9.44. The number of hydrogen-bond donors (Lipinski definition) is 0. The molecule has 0 N–H and O–H groups in total. The lowest BCUT2D eigenvalue weighted by molar-refractivity contribution is -0.189. The van der Waals surface area contributed by atoms with E-state index in [9.17, 15) is 14.0 Å². The van der Waals surface area contributed by atoms with Gasteiger partial charge in [-0.05, 0) is 37.0 Å². The van der Waals surface area contributed by atoms with Crippen molar-refractivity contribution in [2.45, 2.75) is 44.4 Å². The van der Waals surface area contributed by atoms with Crippen LogP contribution >= 0.6 is 0 Å². The Balaban J connectivity index is 1.47. The Bertz CT molecular complexity index is 775. The first-order valence-electron chi connectivity index (χ1n) is 9.44. The van der Waals surface area contributed by atoms with Crippen LogP contribution in [0.15, 0.2) is 12.1 Å². The molecule has 1 aromatic carbocycles. The quantitative estimate of drug-likeness (QED) is 0.736. The zero-order chi connectivity index (χ0) is 19.2. The summed E-state index contributed by atoms with van der Waals surface area (Å²) in [5, 5.41) is 0. The van der Waals surface area contributed by atoms with Gasteiger partial charge >= 0.3 is 5.97 Å². The van der Waals surface area contributed by atoms with Crippen LogP contribution in [-0.2, 0) is 27.2 Å². The van der Waals surface area contributed by atoms with Gasteiger partial charge in [-0.25, -0.2) is 9.18 Å². The van der Waals surface area contributed by atoms with Crippen LogP contribution in [0, 0.1) is 5.82 Å². The van der Waals surface area contributed by atoms with Crippen LogP contribution in [0.1, 0.15) is 41.3 Å². The monoisotopic (exact) mass is 376 g/mol. The van der Waals surface area contributed by atoms with Crippen molar-refractivity contribution in [3.05, 3.63) is 34.6 Å². The van der Waals surface area contributed by atoms with E-state index in [2.05, 4.69) is 4.90 Å². The topological polar surface area (TPSA) is 59.1 Å². The summed E-state index contributed by atoms with van der Waals surface area (Å²) in [5.74, 6) is -0.766. The number of carbonyl (C=O) groups excluding carboxylic acids is 2. The Morgan fingerprint density at radius 2 is 2.11 bits per heavy atom. The number of esters is 1. The third-order valence-electron chi connectivity index (χ3n) is 6.13. The molecule has 6 nitrogen and oxygen atoms in total. The fourth-order valence-electron chi connectivity index (χ4n) is 4.59. The molecule has 0 aliphatic carbocycles. The van der Waals surface area contributed by atoms with Crippen molar-refractivity contribution in [3.63, 3.8) is 0 Å². The molecule has 3 aliphatic heterocycles. The van der Waals surface area contributed by atoms with Gasteiger partial charge in [0.05, 0.1) is 25.8 Å². The molecule has 0 bridgehead atoms. The van der Waals surface area contributed by atoms with E-state index in [1.165, 1.54) is 13.2 Å². The first-order chi connectivity index (χ1) is 12.9. The fourth-order valence-corrected chi connectivity index (χ4v) is 4.59. The van der Waals surface area contributed by atoms with Crippen LogP contribution in [0.5, 0.6) is 0 Å². The number of rotatable bonds is 2. The van der Waals surface area contributed by atoms with E-state index < -0.39 is 5.97 Å². The van der Waals surface area contributed by atoms with Crippen molar-refractivity contribution in [2.24, 2.45) is 0 Å². The van der Waals surface area contributed by atoms with Gasteiger partial charge in [0, 0.05) is 38.2 Å². The number of benzene rings is 1. The standard InChI is InChI=1S/C20H25FN2O4/c1-13(24)23-11-20(12-23)9-16(4-6-27-20)22-5-3-14-7-15(19(25)26-2)8-18(21)17(14)10-22/h7-8,16H,3-6,9-12H2,1-2H3/t16-/m1/s1. The van der Waals surface area contributed by atoms with Crippen molar-refractivity contribution >= 4 is 11.9 Å². The SMILES string of the molecule is COC(=O)c1cc(F)c2c(c1)CCN([C@@H]1CCOC3(C1)CN(C(C)=O)C3)C2. The van der Waals surface area contributed by atoms with Crippen LogP contribution in [-0.4, -0.2) is 66.7 Å². The lowest BCUT2D eigenvalue weighted by Gasteiger charge is -2.54. The van der Waals surface area contributed by atoms with Gasteiger partial charge in [-0.2, -0.15) is 0 Å². The second kappa shape index (κ2) is 6.87. The lowest BCUT2D eigenvalue weighted by Crippen LogP contribution is -2.68. The second-order valence-electron chi connectivity index (χ2n) is 7.86. The van der Waals surface area contributed by atoms with Crippen molar-refractivity contribution < 1.29 is 23.5 Å². The van der Waals surface area contributed by atoms with Crippen molar-refractivity contribution in [1.82, 2.24) is 9.80 Å². The maximum atomic E-state index is 14.6. The number of halogens is 1. The third kappa shape index (κ3) is 3.34. The zero-order valence-corrected chi connectivity index (χ0v) is 15.8. The van der Waals surface area contributed by atoms with Crippen LogP contribution < -0.4 is 0 Å². The molecular weight excluding hydrogens is 351 g/mol. The predicted molar refractivity (Wildman–Crippen MR) is 95.8 cm³/mol. The van der Waals surface area contributed by atoms with Crippen molar-refractivity contribution in [1.29, 1.82) is 0 Å². The molecule has 0 saturated carbocycles. The summed E-state index contributed by atoms with van der Waals surface area (Å²) >= 11 is 0. The van der Waals surface area contributed by atoms with E-state index in [-0.39, 0.29) is 22.9 Å². The number of amides is 1. The molecule has 2 saturated heterocycles. The third-order valence-corrected chi connectivity index (χ3v) is 6.13. The minimum absolute atomic E-state index is 0.0849. The van der Waals surface area contributed by atoms with E-state index in [1.807, 2.05) is 4.90 Å². The Morgan fingerprint density at radius 3 is 2.81 bits per heavy atom. The Morgan fingerprint density at radius 1 is 1.33 bits per heavy atom. The normalized spacial score (nSPS) is 24.3. The summed E-state index contributed by atoms with van der Waals surface area (Å²) in [6, 6.07) is 3.35. The smallest absolute Gasteiger partial charge is 0.337 e. The van der Waals surface area contributed by atoms with Gasteiger partial charge in [0.1, 0.15) is 11.4 Å². The zero-order valence-electron chi connectivity index (χ0n) is 15.8. The second-order valence-corrected chi connectivity index (χ2v) is 7.86. The number of fused-ring (bicyclic) bond motifs is 1. The van der Waals surface area contributed by atoms with Crippen molar-refractivity contribution in [3.8, 4) is 0 Å². The molecule has 146 valence electrons. The van der Waals surface area contributed by atoms with E-state index in [4.69, 9.17) is 9.47 Å². The van der Waals surface area contributed by atoms with Crippen LogP contribution in [0.25, 0.3) is 0 Å². The highest BCUT2D eigenvalue weighted by Crippen LogP contribution is 2.37. The lowest BCUT2D eigenvalue weighted by atomic mass is 9.82. The fraction of sp³-hybridized carbons (Fsp3) is 0.600. The molecule has 27 heavy (non-hydrogen) atoms. The molecule has 0 radical (unpaired) electrons. The minimum atomic E-state index is -0.509. The molecule has 1 atom stereocenters. The molecule has 4 rings (SSSR count). The molecule has 1 amide bonds. The van der Waals surface area contributed by atoms with Gasteiger partial charge in [-0.1, -0.05) is 0 Å². The number of methoxy groups -OCH3 is 1. The molecular formula is C20H25FN2O4. The van der Waals surface area contributed by atoms with E-state index in [0.29, 0.717) is 44.3 Å². The average Bonchev–Trinajstić information content (AvgIpc) is 2.65. The summed E-state index contributed by atoms with van der Waals surface area (Å²) in [6.45, 7) is 4.93. The Hall–Kier alpha value is -1.99. The summed E-state index contributed by atoms with van der Waals surface area (Å²) < 4.78 is 25.3. The number of ether oxygens (including phenoxy) is 2. The summed E-state index contributed by atoms with van der Waals surface area (Å²) in [6.07, 6.45) is 2.49. The molecule has 0 aromatic heterocycles. The molecule has 3 aliphatic rings. The van der Waals surface area contributed by atoms with Gasteiger partial charge < -0.3 is 14.4 Å². The van der Waals surface area contributed by atoms with Crippen LogP contribution in [0.2, 0.25) is 0 Å². The van der Waals surface area contributed by atoms with Gasteiger partial charge in [0.2, 0.25) is 5.91 Å². The van der Waals surface area contributed by atoms with E-state index in [1.54, 1.807) is 13.0 Å². The molecule has 7 heteroatoms. The van der Waals surface area contributed by atoms with Gasteiger partial charge in [-0.3, -0.25) is 9.69 Å². The molecule has 2 fully saturated rings. The molecule has 1 aromatic rings. The van der Waals surface area contributed by atoms with Crippen LogP contribution in [0.4, 0.5) is 4.39 Å².